The molecule has 140 valence electrons. The lowest BCUT2D eigenvalue weighted by molar-refractivity contribution is -0.132. The zero-order valence-corrected chi connectivity index (χ0v) is 15.9. The van der Waals surface area contributed by atoms with E-state index in [4.69, 9.17) is 9.47 Å². The molecule has 0 aliphatic rings. The van der Waals surface area contributed by atoms with Crippen LogP contribution in [-0.2, 0) is 16.1 Å². The van der Waals surface area contributed by atoms with Crippen LogP contribution in [-0.4, -0.2) is 30.7 Å². The van der Waals surface area contributed by atoms with Crippen molar-refractivity contribution in [2.24, 2.45) is 17.8 Å². The van der Waals surface area contributed by atoms with Crippen LogP contribution < -0.4 is 4.74 Å². The van der Waals surface area contributed by atoms with Crippen LogP contribution in [0.25, 0.3) is 0 Å². The first-order chi connectivity index (χ1) is 11.9. The van der Waals surface area contributed by atoms with Gasteiger partial charge < -0.3 is 14.6 Å². The Morgan fingerprint density at radius 2 is 1.88 bits per heavy atom. The monoisotopic (exact) mass is 348 g/mol. The lowest BCUT2D eigenvalue weighted by Crippen LogP contribution is -2.35. The van der Waals surface area contributed by atoms with Crippen molar-refractivity contribution >= 4 is 5.78 Å². The van der Waals surface area contributed by atoms with Crippen molar-refractivity contribution in [1.82, 2.24) is 0 Å². The largest absolute Gasteiger partial charge is 0.497 e. The van der Waals surface area contributed by atoms with Crippen LogP contribution in [0.2, 0.25) is 0 Å². The Bertz CT molecular complexity index is 523. The fourth-order valence-electron chi connectivity index (χ4n) is 2.82. The number of ether oxygens (including phenoxy) is 2. The number of benzene rings is 1. The van der Waals surface area contributed by atoms with Crippen LogP contribution in [0.3, 0.4) is 0 Å². The Hall–Kier alpha value is -1.65. The number of methoxy groups -OCH3 is 1. The number of carbonyl (C=O) groups excluding carboxylic acids is 1. The van der Waals surface area contributed by atoms with Crippen LogP contribution in [0.15, 0.2) is 36.9 Å². The number of ketones is 1. The van der Waals surface area contributed by atoms with E-state index in [0.717, 1.165) is 24.2 Å². The molecule has 1 aromatic rings. The summed E-state index contributed by atoms with van der Waals surface area (Å²) in [6, 6.07) is 7.66. The SMILES string of the molecule is C=CCC[C@H](C)[C@H](O)[C@@H](C)C(=O)[C@@H](C)COCc1ccc(OC)cc1. The topological polar surface area (TPSA) is 55.8 Å². The molecule has 25 heavy (non-hydrogen) atoms. The van der Waals surface area contributed by atoms with Gasteiger partial charge in [0.05, 0.1) is 26.4 Å². The second-order valence-corrected chi connectivity index (χ2v) is 6.79. The molecule has 0 aliphatic heterocycles. The van der Waals surface area contributed by atoms with E-state index in [2.05, 4.69) is 6.58 Å². The van der Waals surface area contributed by atoms with Crippen molar-refractivity contribution in [2.45, 2.75) is 46.3 Å². The minimum atomic E-state index is -0.628. The highest BCUT2D eigenvalue weighted by Gasteiger charge is 2.29. The molecule has 0 amide bonds. The first-order valence-electron chi connectivity index (χ1n) is 8.94. The van der Waals surface area contributed by atoms with Gasteiger partial charge in [0.25, 0.3) is 0 Å². The molecule has 0 unspecified atom stereocenters. The maximum Gasteiger partial charge on any atom is 0.143 e. The lowest BCUT2D eigenvalue weighted by atomic mass is 9.84. The van der Waals surface area contributed by atoms with E-state index in [0.29, 0.717) is 13.2 Å². The zero-order chi connectivity index (χ0) is 18.8. The van der Waals surface area contributed by atoms with Gasteiger partial charge in [-0.3, -0.25) is 4.79 Å². The number of rotatable bonds is 12. The normalized spacial score (nSPS) is 15.9. The number of carbonyl (C=O) groups is 1. The second kappa shape index (κ2) is 11.1. The van der Waals surface area contributed by atoms with Crippen molar-refractivity contribution in [2.75, 3.05) is 13.7 Å². The van der Waals surface area contributed by atoms with Gasteiger partial charge in [-0.1, -0.05) is 39.0 Å². The zero-order valence-electron chi connectivity index (χ0n) is 15.9. The van der Waals surface area contributed by atoms with Crippen molar-refractivity contribution in [3.05, 3.63) is 42.5 Å². The van der Waals surface area contributed by atoms with Gasteiger partial charge in [0.15, 0.2) is 0 Å². The average molecular weight is 348 g/mol. The van der Waals surface area contributed by atoms with Crippen molar-refractivity contribution in [3.8, 4) is 5.75 Å². The number of hydrogen-bond donors (Lipinski definition) is 1. The quantitative estimate of drug-likeness (QED) is 0.580. The average Bonchev–Trinajstić information content (AvgIpc) is 2.64. The van der Waals surface area contributed by atoms with E-state index in [1.54, 1.807) is 14.0 Å². The third-order valence-electron chi connectivity index (χ3n) is 4.65. The number of Topliss-reactive ketones (excluding diaryl/α,β-unsaturated/α-hetero) is 1. The molecule has 1 aromatic carbocycles. The van der Waals surface area contributed by atoms with Crippen LogP contribution in [0.5, 0.6) is 5.75 Å². The minimum Gasteiger partial charge on any atom is -0.497 e. The third kappa shape index (κ3) is 7.00. The molecule has 0 saturated heterocycles. The first kappa shape index (κ1) is 21.4. The summed E-state index contributed by atoms with van der Waals surface area (Å²) in [6.45, 7) is 10.1. The van der Waals surface area contributed by atoms with Gasteiger partial charge in [0, 0.05) is 11.8 Å². The molecule has 1 rings (SSSR count). The summed E-state index contributed by atoms with van der Waals surface area (Å²) < 4.78 is 10.8. The van der Waals surface area contributed by atoms with Crippen LogP contribution in [0.1, 0.15) is 39.2 Å². The van der Waals surface area contributed by atoms with Gasteiger partial charge >= 0.3 is 0 Å². The van der Waals surface area contributed by atoms with Crippen LogP contribution in [0.4, 0.5) is 0 Å². The second-order valence-electron chi connectivity index (χ2n) is 6.79. The van der Waals surface area contributed by atoms with E-state index in [1.165, 1.54) is 0 Å². The smallest absolute Gasteiger partial charge is 0.143 e. The Morgan fingerprint density at radius 1 is 1.24 bits per heavy atom. The number of aliphatic hydroxyl groups is 1. The van der Waals surface area contributed by atoms with E-state index < -0.39 is 6.10 Å². The maximum atomic E-state index is 12.5. The summed E-state index contributed by atoms with van der Waals surface area (Å²) in [7, 11) is 1.63. The predicted molar refractivity (Wildman–Crippen MR) is 101 cm³/mol. The molecule has 1 N–H and O–H groups in total. The summed E-state index contributed by atoms with van der Waals surface area (Å²) in [6.07, 6.45) is 2.90. The van der Waals surface area contributed by atoms with Gasteiger partial charge in [-0.2, -0.15) is 0 Å². The van der Waals surface area contributed by atoms with Crippen molar-refractivity contribution in [1.29, 1.82) is 0 Å². The minimum absolute atomic E-state index is 0.0488. The van der Waals surface area contributed by atoms with Crippen LogP contribution >= 0.6 is 0 Å². The highest BCUT2D eigenvalue weighted by Crippen LogP contribution is 2.21. The summed E-state index contributed by atoms with van der Waals surface area (Å²) in [5.74, 6) is 0.298. The van der Waals surface area contributed by atoms with E-state index in [1.807, 2.05) is 44.2 Å². The summed E-state index contributed by atoms with van der Waals surface area (Å²) in [4.78, 5) is 12.5. The lowest BCUT2D eigenvalue weighted by Gasteiger charge is -2.26. The summed E-state index contributed by atoms with van der Waals surface area (Å²) in [5.41, 5.74) is 1.03. The molecule has 0 saturated carbocycles. The standard InChI is InChI=1S/C21H32O4/c1-6-7-8-15(2)20(22)17(4)21(23)16(3)13-25-14-18-9-11-19(24-5)12-10-18/h6,9-12,15-17,20,22H,1,7-8,13-14H2,2-5H3/t15-,16-,17+,20-/m0/s1. The molecule has 0 aliphatic carbocycles. The molecule has 4 nitrogen and oxygen atoms in total. The molecule has 0 bridgehead atoms. The van der Waals surface area contributed by atoms with E-state index in [9.17, 15) is 9.90 Å². The summed E-state index contributed by atoms with van der Waals surface area (Å²) in [5, 5.41) is 10.4. The molecule has 0 aromatic heterocycles. The molecular weight excluding hydrogens is 316 g/mol. The Kier molecular flexibility index (Phi) is 9.46. The first-order valence-corrected chi connectivity index (χ1v) is 8.94. The molecular formula is C21H32O4. The highest BCUT2D eigenvalue weighted by molar-refractivity contribution is 5.83. The molecule has 4 heteroatoms. The Labute approximate surface area is 151 Å². The summed E-state index contributed by atoms with van der Waals surface area (Å²) >= 11 is 0. The number of hydrogen-bond acceptors (Lipinski definition) is 4. The fraction of sp³-hybridized carbons (Fsp3) is 0.571. The Morgan fingerprint density at radius 3 is 2.44 bits per heavy atom. The molecule has 0 heterocycles. The predicted octanol–water partition coefficient (Wildman–Crippen LogP) is 4.02. The van der Waals surface area contributed by atoms with Gasteiger partial charge in [-0.25, -0.2) is 0 Å². The van der Waals surface area contributed by atoms with E-state index in [-0.39, 0.29) is 23.5 Å². The van der Waals surface area contributed by atoms with Gasteiger partial charge in [0.1, 0.15) is 11.5 Å². The van der Waals surface area contributed by atoms with Gasteiger partial charge in [0.2, 0.25) is 0 Å². The van der Waals surface area contributed by atoms with Crippen molar-refractivity contribution < 1.29 is 19.4 Å². The molecule has 0 spiro atoms. The Balaban J connectivity index is 2.42. The maximum absolute atomic E-state index is 12.5. The van der Waals surface area contributed by atoms with Crippen LogP contribution in [0, 0.1) is 17.8 Å². The van der Waals surface area contributed by atoms with E-state index >= 15 is 0 Å². The molecule has 0 radical (unpaired) electrons. The van der Waals surface area contributed by atoms with Crippen molar-refractivity contribution in [3.63, 3.8) is 0 Å². The number of aliphatic hydroxyl groups excluding tert-OH is 1. The molecule has 0 fully saturated rings. The highest BCUT2D eigenvalue weighted by atomic mass is 16.5. The number of allylic oxidation sites excluding steroid dienone is 1. The van der Waals surface area contributed by atoms with Gasteiger partial charge in [-0.05, 0) is 36.5 Å². The van der Waals surface area contributed by atoms with Gasteiger partial charge in [-0.15, -0.1) is 6.58 Å². The third-order valence-corrected chi connectivity index (χ3v) is 4.65. The fourth-order valence-corrected chi connectivity index (χ4v) is 2.82. The molecule has 4 atom stereocenters.